The highest BCUT2D eigenvalue weighted by Crippen LogP contribution is 2.40. The number of hydrogen-bond donors (Lipinski definition) is 2. The number of nitrogens with one attached hydrogen (secondary N) is 1. The van der Waals surface area contributed by atoms with Crippen LogP contribution in [0.25, 0.3) is 0 Å². The summed E-state index contributed by atoms with van der Waals surface area (Å²) < 4.78 is 11.6. The Bertz CT molecular complexity index is 631. The van der Waals surface area contributed by atoms with Crippen molar-refractivity contribution in [3.63, 3.8) is 0 Å². The van der Waals surface area contributed by atoms with Crippen LogP contribution in [0.2, 0.25) is 0 Å². The zero-order valence-corrected chi connectivity index (χ0v) is 12.3. The highest BCUT2D eigenvalue weighted by molar-refractivity contribution is 9.10. The summed E-state index contributed by atoms with van der Waals surface area (Å²) in [6.45, 7) is 0.929. The van der Waals surface area contributed by atoms with Crippen LogP contribution in [0.3, 0.4) is 0 Å². The Hall–Kier alpha value is -1.72. The van der Waals surface area contributed by atoms with Gasteiger partial charge >= 0.3 is 0 Å². The van der Waals surface area contributed by atoms with E-state index in [0.29, 0.717) is 6.54 Å². The molecule has 0 unspecified atom stereocenters. The van der Waals surface area contributed by atoms with Crippen molar-refractivity contribution in [3.8, 4) is 11.5 Å². The van der Waals surface area contributed by atoms with Crippen LogP contribution in [0, 0.1) is 0 Å². The molecule has 1 heterocycles. The Balaban J connectivity index is 1.77. The molecule has 0 spiro atoms. The average molecular weight is 336 g/mol. The highest BCUT2D eigenvalue weighted by atomic mass is 79.9. The van der Waals surface area contributed by atoms with Gasteiger partial charge in [0.1, 0.15) is 0 Å². The van der Waals surface area contributed by atoms with Gasteiger partial charge in [-0.05, 0) is 39.7 Å². The molecule has 0 fully saturated rings. The van der Waals surface area contributed by atoms with Crippen molar-refractivity contribution in [2.45, 2.75) is 13.2 Å². The number of rotatable bonds is 4. The van der Waals surface area contributed by atoms with Crippen LogP contribution in [0.15, 0.2) is 40.9 Å². The number of fused-ring (bicyclic) bond motifs is 1. The van der Waals surface area contributed by atoms with Gasteiger partial charge in [-0.3, -0.25) is 0 Å². The topological polar surface area (TPSA) is 50.7 Å². The number of ether oxygens (including phenoxy) is 2. The Labute approximate surface area is 125 Å². The molecule has 0 saturated carbocycles. The second kappa shape index (κ2) is 5.73. The van der Waals surface area contributed by atoms with Crippen LogP contribution < -0.4 is 14.8 Å². The summed E-state index contributed by atoms with van der Waals surface area (Å²) in [6.07, 6.45) is 0. The van der Waals surface area contributed by atoms with E-state index in [1.807, 2.05) is 36.4 Å². The van der Waals surface area contributed by atoms with Gasteiger partial charge < -0.3 is 19.9 Å². The van der Waals surface area contributed by atoms with E-state index in [2.05, 4.69) is 21.2 Å². The molecule has 0 amide bonds. The summed E-state index contributed by atoms with van der Waals surface area (Å²) in [5.41, 5.74) is 2.89. The van der Waals surface area contributed by atoms with Gasteiger partial charge in [0.15, 0.2) is 11.5 Å². The van der Waals surface area contributed by atoms with Crippen molar-refractivity contribution in [1.82, 2.24) is 0 Å². The van der Waals surface area contributed by atoms with E-state index in [4.69, 9.17) is 9.47 Å². The second-order valence-electron chi connectivity index (χ2n) is 4.48. The molecule has 3 rings (SSSR count). The second-order valence-corrected chi connectivity index (χ2v) is 5.33. The molecule has 2 N–H and O–H groups in total. The fourth-order valence-corrected chi connectivity index (χ4v) is 2.75. The highest BCUT2D eigenvalue weighted by Gasteiger charge is 2.17. The van der Waals surface area contributed by atoms with Crippen molar-refractivity contribution < 1.29 is 14.6 Å². The first-order valence-electron chi connectivity index (χ1n) is 6.28. The lowest BCUT2D eigenvalue weighted by molar-refractivity contribution is 0.173. The molecule has 0 aliphatic carbocycles. The fraction of sp³-hybridized carbons (Fsp3) is 0.200. The van der Waals surface area contributed by atoms with E-state index < -0.39 is 0 Å². The molecule has 5 heteroatoms. The molecular formula is C15H14BrNO3. The molecule has 4 nitrogen and oxygen atoms in total. The van der Waals surface area contributed by atoms with Gasteiger partial charge in [0.05, 0.1) is 11.1 Å². The monoisotopic (exact) mass is 335 g/mol. The first kappa shape index (κ1) is 13.3. The summed E-state index contributed by atoms with van der Waals surface area (Å²) in [5, 5.41) is 12.6. The summed E-state index contributed by atoms with van der Waals surface area (Å²) in [7, 11) is 0. The minimum Gasteiger partial charge on any atom is -0.454 e. The normalized spacial score (nSPS) is 12.5. The third-order valence-electron chi connectivity index (χ3n) is 3.16. The quantitative estimate of drug-likeness (QED) is 0.900. The number of halogens is 1. The molecule has 0 bridgehead atoms. The van der Waals surface area contributed by atoms with Crippen LogP contribution in [-0.2, 0) is 13.2 Å². The maximum atomic E-state index is 9.30. The van der Waals surface area contributed by atoms with Gasteiger partial charge in [0, 0.05) is 17.8 Å². The predicted octanol–water partition coefficient (Wildman–Crippen LogP) is 3.28. The van der Waals surface area contributed by atoms with Gasteiger partial charge in [0.2, 0.25) is 6.79 Å². The lowest BCUT2D eigenvalue weighted by Crippen LogP contribution is -2.02. The number of para-hydroxylation sites is 1. The van der Waals surface area contributed by atoms with Crippen LogP contribution in [-0.4, -0.2) is 11.9 Å². The Morgan fingerprint density at radius 3 is 2.90 bits per heavy atom. The SMILES string of the molecule is OCc1ccccc1NCc1cc(Br)c2c(c1)OCO2. The number of aliphatic hydroxyl groups is 1. The van der Waals surface area contributed by atoms with Crippen molar-refractivity contribution >= 4 is 21.6 Å². The lowest BCUT2D eigenvalue weighted by atomic mass is 10.1. The standard InChI is InChI=1S/C15H14BrNO3/c16-12-5-10(6-14-15(12)20-9-19-14)7-17-13-4-2-1-3-11(13)8-18/h1-6,17-18H,7-9H2. The number of hydrogen-bond acceptors (Lipinski definition) is 4. The average Bonchev–Trinajstić information content (AvgIpc) is 2.94. The third-order valence-corrected chi connectivity index (χ3v) is 3.75. The van der Waals surface area contributed by atoms with E-state index in [1.54, 1.807) is 0 Å². The van der Waals surface area contributed by atoms with Crippen molar-refractivity contribution in [2.24, 2.45) is 0 Å². The summed E-state index contributed by atoms with van der Waals surface area (Å²) in [6, 6.07) is 11.7. The van der Waals surface area contributed by atoms with Gasteiger partial charge in [-0.1, -0.05) is 18.2 Å². The Morgan fingerprint density at radius 1 is 1.20 bits per heavy atom. The summed E-state index contributed by atoms with van der Waals surface area (Å²) in [4.78, 5) is 0. The van der Waals surface area contributed by atoms with Gasteiger partial charge in [-0.2, -0.15) is 0 Å². The first-order chi connectivity index (χ1) is 9.78. The number of anilines is 1. The zero-order chi connectivity index (χ0) is 13.9. The van der Waals surface area contributed by atoms with Crippen molar-refractivity contribution in [1.29, 1.82) is 0 Å². The van der Waals surface area contributed by atoms with Gasteiger partial charge in [0.25, 0.3) is 0 Å². The van der Waals surface area contributed by atoms with E-state index in [-0.39, 0.29) is 13.4 Å². The van der Waals surface area contributed by atoms with E-state index in [9.17, 15) is 5.11 Å². The molecule has 1 aliphatic heterocycles. The third kappa shape index (κ3) is 2.59. The molecule has 104 valence electrons. The fourth-order valence-electron chi connectivity index (χ4n) is 2.15. The summed E-state index contributed by atoms with van der Waals surface area (Å²) >= 11 is 3.48. The Morgan fingerprint density at radius 2 is 2.05 bits per heavy atom. The van der Waals surface area contributed by atoms with Crippen molar-refractivity contribution in [2.75, 3.05) is 12.1 Å². The van der Waals surface area contributed by atoms with Crippen LogP contribution >= 0.6 is 15.9 Å². The van der Waals surface area contributed by atoms with Crippen LogP contribution in [0.1, 0.15) is 11.1 Å². The maximum Gasteiger partial charge on any atom is 0.231 e. The summed E-state index contributed by atoms with van der Waals surface area (Å²) in [5.74, 6) is 1.51. The Kier molecular flexibility index (Phi) is 3.80. The molecule has 20 heavy (non-hydrogen) atoms. The molecule has 0 aromatic heterocycles. The smallest absolute Gasteiger partial charge is 0.231 e. The molecular weight excluding hydrogens is 322 g/mol. The van der Waals surface area contributed by atoms with Crippen molar-refractivity contribution in [3.05, 3.63) is 52.0 Å². The van der Waals surface area contributed by atoms with E-state index >= 15 is 0 Å². The number of aliphatic hydroxyl groups excluding tert-OH is 1. The minimum absolute atomic E-state index is 0.0218. The minimum atomic E-state index is 0.0218. The molecule has 1 aliphatic rings. The molecule has 0 atom stereocenters. The van der Waals surface area contributed by atoms with Crippen LogP contribution in [0.4, 0.5) is 5.69 Å². The van der Waals surface area contributed by atoms with E-state index in [0.717, 1.165) is 32.8 Å². The molecule has 2 aromatic rings. The van der Waals surface area contributed by atoms with E-state index in [1.165, 1.54) is 0 Å². The molecule has 0 saturated heterocycles. The zero-order valence-electron chi connectivity index (χ0n) is 10.7. The number of benzene rings is 2. The molecule has 2 aromatic carbocycles. The predicted molar refractivity (Wildman–Crippen MR) is 80.0 cm³/mol. The van der Waals surface area contributed by atoms with Gasteiger partial charge in [-0.15, -0.1) is 0 Å². The van der Waals surface area contributed by atoms with Gasteiger partial charge in [-0.25, -0.2) is 0 Å². The lowest BCUT2D eigenvalue weighted by Gasteiger charge is -2.11. The first-order valence-corrected chi connectivity index (χ1v) is 7.08. The van der Waals surface area contributed by atoms with Crippen LogP contribution in [0.5, 0.6) is 11.5 Å². The largest absolute Gasteiger partial charge is 0.454 e. The maximum absolute atomic E-state index is 9.30. The molecule has 0 radical (unpaired) electrons.